The Labute approximate surface area is 166 Å². The van der Waals surface area contributed by atoms with Gasteiger partial charge in [0.1, 0.15) is 10.1 Å². The molecule has 2 heterocycles. The molecule has 0 saturated carbocycles. The Morgan fingerprint density at radius 3 is 2.89 bits per heavy atom. The van der Waals surface area contributed by atoms with Crippen LogP contribution in [0, 0.1) is 5.82 Å². The topological polar surface area (TPSA) is 83.6 Å². The summed E-state index contributed by atoms with van der Waals surface area (Å²) in [7, 11) is -3.07. The van der Waals surface area contributed by atoms with Crippen LogP contribution < -0.4 is 5.32 Å². The number of nitrogens with one attached hydrogen (secondary N) is 1. The summed E-state index contributed by atoms with van der Waals surface area (Å²) >= 11 is 6.31. The summed E-state index contributed by atoms with van der Waals surface area (Å²) in [6, 6.07) is 5.49. The fourth-order valence-electron chi connectivity index (χ4n) is 2.86. The Balaban J connectivity index is 1.57. The van der Waals surface area contributed by atoms with Gasteiger partial charge < -0.3 is 5.32 Å². The SMILES string of the molecule is O=C(CCN1C(=O)C(=Cc2cccc(F)c2)SC1=S)NC1CCS(=O)(=O)C1. The number of carbonyl (C=O) groups excluding carboxylic acids is 2. The summed E-state index contributed by atoms with van der Waals surface area (Å²) in [5.74, 6) is -1.01. The number of halogens is 1. The van der Waals surface area contributed by atoms with Crippen molar-refractivity contribution in [2.75, 3.05) is 18.1 Å². The Morgan fingerprint density at radius 1 is 1.44 bits per heavy atom. The second kappa shape index (κ2) is 8.07. The number of thiocarbonyl (C=S) groups is 1. The minimum atomic E-state index is -3.07. The summed E-state index contributed by atoms with van der Waals surface area (Å²) in [6.07, 6.45) is 1.99. The van der Waals surface area contributed by atoms with Crippen LogP contribution in [0.25, 0.3) is 6.08 Å². The third-order valence-electron chi connectivity index (χ3n) is 4.18. The molecule has 2 fully saturated rings. The average Bonchev–Trinajstić information content (AvgIpc) is 3.05. The van der Waals surface area contributed by atoms with E-state index in [0.29, 0.717) is 21.2 Å². The van der Waals surface area contributed by atoms with Gasteiger partial charge in [-0.25, -0.2) is 12.8 Å². The normalized spacial score (nSPS) is 23.2. The van der Waals surface area contributed by atoms with E-state index < -0.39 is 15.7 Å². The molecule has 1 aromatic carbocycles. The van der Waals surface area contributed by atoms with E-state index in [1.54, 1.807) is 18.2 Å². The lowest BCUT2D eigenvalue weighted by Crippen LogP contribution is -2.38. The monoisotopic (exact) mass is 428 g/mol. The fourth-order valence-corrected chi connectivity index (χ4v) is 5.84. The molecule has 6 nitrogen and oxygen atoms in total. The molecular weight excluding hydrogens is 411 g/mol. The largest absolute Gasteiger partial charge is 0.352 e. The molecule has 1 atom stereocenters. The van der Waals surface area contributed by atoms with Gasteiger partial charge in [0.05, 0.1) is 16.4 Å². The van der Waals surface area contributed by atoms with Crippen LogP contribution in [0.4, 0.5) is 4.39 Å². The number of rotatable bonds is 5. The van der Waals surface area contributed by atoms with E-state index in [-0.39, 0.29) is 42.3 Å². The molecule has 0 spiro atoms. The summed E-state index contributed by atoms with van der Waals surface area (Å²) < 4.78 is 36.5. The van der Waals surface area contributed by atoms with E-state index in [9.17, 15) is 22.4 Å². The van der Waals surface area contributed by atoms with Gasteiger partial charge in [0.2, 0.25) is 5.91 Å². The van der Waals surface area contributed by atoms with Crippen LogP contribution in [0.1, 0.15) is 18.4 Å². The maximum Gasteiger partial charge on any atom is 0.266 e. The lowest BCUT2D eigenvalue weighted by atomic mass is 10.2. The summed E-state index contributed by atoms with van der Waals surface area (Å²) in [5.41, 5.74) is 0.552. The molecule has 2 saturated heterocycles. The van der Waals surface area contributed by atoms with Gasteiger partial charge in [0.25, 0.3) is 5.91 Å². The van der Waals surface area contributed by atoms with Crippen molar-refractivity contribution in [1.82, 2.24) is 10.2 Å². The van der Waals surface area contributed by atoms with Crippen molar-refractivity contribution in [1.29, 1.82) is 0 Å². The maximum absolute atomic E-state index is 13.3. The van der Waals surface area contributed by atoms with E-state index in [0.717, 1.165) is 11.8 Å². The van der Waals surface area contributed by atoms with Crippen LogP contribution in [-0.2, 0) is 19.4 Å². The van der Waals surface area contributed by atoms with E-state index >= 15 is 0 Å². The second-order valence-corrected chi connectivity index (χ2v) is 10.2. The molecule has 0 radical (unpaired) electrons. The molecule has 2 amide bonds. The first kappa shape index (κ1) is 20.0. The third kappa shape index (κ3) is 5.14. The highest BCUT2D eigenvalue weighted by Gasteiger charge is 2.33. The predicted octanol–water partition coefficient (Wildman–Crippen LogP) is 1.72. The van der Waals surface area contributed by atoms with E-state index in [1.165, 1.54) is 17.0 Å². The van der Waals surface area contributed by atoms with Crippen molar-refractivity contribution in [2.45, 2.75) is 18.9 Å². The van der Waals surface area contributed by atoms with Crippen molar-refractivity contribution in [2.24, 2.45) is 0 Å². The van der Waals surface area contributed by atoms with Gasteiger partial charge >= 0.3 is 0 Å². The first-order valence-electron chi connectivity index (χ1n) is 8.24. The molecule has 1 unspecified atom stereocenters. The van der Waals surface area contributed by atoms with Gasteiger partial charge in [-0.05, 0) is 30.2 Å². The molecule has 27 heavy (non-hydrogen) atoms. The van der Waals surface area contributed by atoms with Gasteiger partial charge in [0, 0.05) is 19.0 Å². The lowest BCUT2D eigenvalue weighted by molar-refractivity contribution is -0.124. The Morgan fingerprint density at radius 2 is 2.22 bits per heavy atom. The van der Waals surface area contributed by atoms with Crippen LogP contribution in [0.2, 0.25) is 0 Å². The summed E-state index contributed by atoms with van der Waals surface area (Å²) in [6.45, 7) is 0.108. The molecule has 2 aliphatic heterocycles. The Bertz CT molecular complexity index is 930. The van der Waals surface area contributed by atoms with Gasteiger partial charge in [0.15, 0.2) is 9.84 Å². The van der Waals surface area contributed by atoms with Crippen LogP contribution in [0.3, 0.4) is 0 Å². The first-order chi connectivity index (χ1) is 12.7. The zero-order valence-electron chi connectivity index (χ0n) is 14.2. The molecule has 10 heteroatoms. The Hall–Kier alpha value is -1.78. The minimum absolute atomic E-state index is 0.0240. The highest BCUT2D eigenvalue weighted by atomic mass is 32.2. The number of amides is 2. The molecule has 1 N–H and O–H groups in total. The highest BCUT2D eigenvalue weighted by Crippen LogP contribution is 2.32. The van der Waals surface area contributed by atoms with Crippen molar-refractivity contribution in [3.63, 3.8) is 0 Å². The molecule has 1 aromatic rings. The molecule has 2 aliphatic rings. The zero-order valence-corrected chi connectivity index (χ0v) is 16.6. The molecule has 0 aliphatic carbocycles. The van der Waals surface area contributed by atoms with Gasteiger partial charge in [-0.1, -0.05) is 36.1 Å². The van der Waals surface area contributed by atoms with Crippen molar-refractivity contribution >= 4 is 56.0 Å². The van der Waals surface area contributed by atoms with Gasteiger partial charge in [-0.2, -0.15) is 0 Å². The molecular formula is C17H17FN2O4S3. The van der Waals surface area contributed by atoms with Crippen LogP contribution in [0.5, 0.6) is 0 Å². The standard InChI is InChI=1S/C17H17FN2O4S3/c18-12-3-1-2-11(8-12)9-14-16(22)20(17(25)26-14)6-4-15(21)19-13-5-7-27(23,24)10-13/h1-3,8-9,13H,4-7,10H2,(H,19,21). The quantitative estimate of drug-likeness (QED) is 0.568. The summed E-state index contributed by atoms with van der Waals surface area (Å²) in [4.78, 5) is 26.2. The van der Waals surface area contributed by atoms with Crippen molar-refractivity contribution in [3.05, 3.63) is 40.6 Å². The van der Waals surface area contributed by atoms with Crippen molar-refractivity contribution < 1.29 is 22.4 Å². The number of hydrogen-bond acceptors (Lipinski definition) is 6. The number of sulfone groups is 1. The highest BCUT2D eigenvalue weighted by molar-refractivity contribution is 8.26. The predicted molar refractivity (Wildman–Crippen MR) is 106 cm³/mol. The number of carbonyl (C=O) groups is 2. The van der Waals surface area contributed by atoms with E-state index in [1.807, 2.05) is 0 Å². The van der Waals surface area contributed by atoms with E-state index in [4.69, 9.17) is 12.2 Å². The van der Waals surface area contributed by atoms with Crippen LogP contribution in [0.15, 0.2) is 29.2 Å². The number of hydrogen-bond donors (Lipinski definition) is 1. The molecule has 144 valence electrons. The molecule has 0 aromatic heterocycles. The third-order valence-corrected chi connectivity index (χ3v) is 7.33. The number of nitrogens with zero attached hydrogens (tertiary/aromatic N) is 1. The summed E-state index contributed by atoms with van der Waals surface area (Å²) in [5, 5.41) is 2.68. The Kier molecular flexibility index (Phi) is 5.97. The number of benzene rings is 1. The number of thioether (sulfide) groups is 1. The molecule has 3 rings (SSSR count). The smallest absolute Gasteiger partial charge is 0.266 e. The first-order valence-corrected chi connectivity index (χ1v) is 11.3. The van der Waals surface area contributed by atoms with Crippen LogP contribution >= 0.6 is 24.0 Å². The second-order valence-electron chi connectivity index (χ2n) is 6.31. The molecule has 0 bridgehead atoms. The average molecular weight is 429 g/mol. The maximum atomic E-state index is 13.3. The van der Waals surface area contributed by atoms with Gasteiger partial charge in [-0.15, -0.1) is 0 Å². The lowest BCUT2D eigenvalue weighted by Gasteiger charge is -2.15. The van der Waals surface area contributed by atoms with Gasteiger partial charge in [-0.3, -0.25) is 14.5 Å². The van der Waals surface area contributed by atoms with E-state index in [2.05, 4.69) is 5.32 Å². The van der Waals surface area contributed by atoms with Crippen molar-refractivity contribution in [3.8, 4) is 0 Å². The minimum Gasteiger partial charge on any atom is -0.352 e. The zero-order chi connectivity index (χ0) is 19.6. The fraction of sp³-hybridized carbons (Fsp3) is 0.353. The van der Waals surface area contributed by atoms with Crippen LogP contribution in [-0.4, -0.2) is 53.5 Å².